The predicted octanol–water partition coefficient (Wildman–Crippen LogP) is -1.27. The van der Waals surface area contributed by atoms with Gasteiger partial charge in [-0.1, -0.05) is 10.6 Å². The topological polar surface area (TPSA) is 85.9 Å². The zero-order valence-electron chi connectivity index (χ0n) is 6.03. The summed E-state index contributed by atoms with van der Waals surface area (Å²) in [7, 11) is 0. The van der Waals surface area contributed by atoms with Gasteiger partial charge >= 0.3 is 5.97 Å². The van der Waals surface area contributed by atoms with E-state index in [9.17, 15) is 4.79 Å². The van der Waals surface area contributed by atoms with Crippen LogP contribution in [-0.2, 0) is 14.5 Å². The number of hydrogen-bond donors (Lipinski definition) is 2. The summed E-state index contributed by atoms with van der Waals surface area (Å²) in [4.78, 5) is 15.3. The number of rotatable bonds is 2. The van der Waals surface area contributed by atoms with Crippen molar-refractivity contribution in [1.29, 1.82) is 0 Å². The summed E-state index contributed by atoms with van der Waals surface area (Å²) in [5, 5.41) is 3.28. The van der Waals surface area contributed by atoms with Crippen molar-refractivity contribution in [3.63, 3.8) is 0 Å². The molecular weight excluding hydrogens is 150 g/mol. The van der Waals surface area contributed by atoms with E-state index in [1.807, 2.05) is 0 Å². The minimum atomic E-state index is -1.42. The molecule has 1 atom stereocenters. The van der Waals surface area contributed by atoms with Gasteiger partial charge in [0.15, 0.2) is 0 Å². The molecule has 11 heavy (non-hydrogen) atoms. The van der Waals surface area contributed by atoms with Crippen LogP contribution in [-0.4, -0.2) is 24.5 Å². The van der Waals surface area contributed by atoms with Crippen LogP contribution in [0.4, 0.5) is 0 Å². The molecule has 0 bridgehead atoms. The summed E-state index contributed by atoms with van der Waals surface area (Å²) in [6.07, 6.45) is 1.14. The van der Waals surface area contributed by atoms with Gasteiger partial charge < -0.3 is 4.74 Å². The average molecular weight is 159 g/mol. The lowest BCUT2D eigenvalue weighted by Crippen LogP contribution is -2.58. The van der Waals surface area contributed by atoms with Crippen molar-refractivity contribution in [2.24, 2.45) is 10.9 Å². The molecule has 1 heterocycles. The number of carbonyl (C=O) groups is 1. The van der Waals surface area contributed by atoms with Crippen LogP contribution in [0.1, 0.15) is 6.92 Å². The Morgan fingerprint density at radius 3 is 3.18 bits per heavy atom. The molecule has 1 aliphatic rings. The fourth-order valence-corrected chi connectivity index (χ4v) is 0.583. The van der Waals surface area contributed by atoms with Gasteiger partial charge in [-0.2, -0.15) is 0 Å². The Hall–Kier alpha value is -1.14. The first-order valence-electron chi connectivity index (χ1n) is 3.13. The number of esters is 1. The molecule has 1 rings (SSSR count). The molecule has 0 spiro atoms. The second-order valence-corrected chi connectivity index (χ2v) is 2.02. The van der Waals surface area contributed by atoms with E-state index in [-0.39, 0.29) is 6.61 Å². The third kappa shape index (κ3) is 1.47. The maximum Gasteiger partial charge on any atom is 0.350 e. The molecule has 0 aliphatic carbocycles. The summed E-state index contributed by atoms with van der Waals surface area (Å²) in [6, 6.07) is 0. The highest BCUT2D eigenvalue weighted by Gasteiger charge is 2.38. The molecule has 0 aromatic carbocycles. The zero-order chi connectivity index (χ0) is 8.32. The molecule has 0 radical (unpaired) electrons. The summed E-state index contributed by atoms with van der Waals surface area (Å²) in [5.41, 5.74) is 6.21. The molecule has 6 heteroatoms. The number of hydrogen-bond acceptors (Lipinski definition) is 6. The van der Waals surface area contributed by atoms with E-state index < -0.39 is 11.6 Å². The second kappa shape index (κ2) is 2.85. The fraction of sp³-hybridized carbons (Fsp3) is 0.600. The molecule has 3 N–H and O–H groups in total. The van der Waals surface area contributed by atoms with Crippen LogP contribution in [0.25, 0.3) is 0 Å². The van der Waals surface area contributed by atoms with Crippen LogP contribution >= 0.6 is 0 Å². The number of nitrogens with one attached hydrogen (secondary N) is 1. The highest BCUT2D eigenvalue weighted by molar-refractivity contribution is 5.99. The van der Waals surface area contributed by atoms with Crippen molar-refractivity contribution in [1.82, 2.24) is 5.48 Å². The largest absolute Gasteiger partial charge is 0.463 e. The average Bonchev–Trinajstić information content (AvgIpc) is 2.38. The summed E-state index contributed by atoms with van der Waals surface area (Å²) < 4.78 is 4.63. The van der Waals surface area contributed by atoms with Gasteiger partial charge in [-0.05, 0) is 6.92 Å². The van der Waals surface area contributed by atoms with E-state index in [1.165, 1.54) is 0 Å². The first-order valence-corrected chi connectivity index (χ1v) is 3.13. The molecule has 62 valence electrons. The van der Waals surface area contributed by atoms with Crippen LogP contribution in [0.2, 0.25) is 0 Å². The first-order chi connectivity index (χ1) is 5.19. The Kier molecular flexibility index (Phi) is 2.06. The van der Waals surface area contributed by atoms with Crippen molar-refractivity contribution in [2.75, 3.05) is 6.61 Å². The standard InChI is InChI=1S/C5H9N3O3/c1-2-10-4(9)5(6)3-7-11-8-5/h3,8H,2,6H2,1H3. The SMILES string of the molecule is CCOC(=O)C1(N)C=NON1. The number of nitrogens with two attached hydrogens (primary N) is 1. The third-order valence-electron chi connectivity index (χ3n) is 1.14. The minimum absolute atomic E-state index is 0.271. The third-order valence-corrected chi connectivity index (χ3v) is 1.14. The monoisotopic (exact) mass is 159 g/mol. The Morgan fingerprint density at radius 2 is 2.73 bits per heavy atom. The van der Waals surface area contributed by atoms with E-state index in [4.69, 9.17) is 5.73 Å². The molecule has 1 aliphatic heterocycles. The van der Waals surface area contributed by atoms with Crippen LogP contribution in [0.15, 0.2) is 5.16 Å². The molecule has 0 fully saturated rings. The molecule has 0 amide bonds. The lowest BCUT2D eigenvalue weighted by Gasteiger charge is -2.15. The minimum Gasteiger partial charge on any atom is -0.463 e. The van der Waals surface area contributed by atoms with Crippen molar-refractivity contribution in [3.05, 3.63) is 0 Å². The Morgan fingerprint density at radius 1 is 2.00 bits per heavy atom. The van der Waals surface area contributed by atoms with Gasteiger partial charge in [-0.25, -0.2) is 4.79 Å². The number of hydroxylamine groups is 1. The van der Waals surface area contributed by atoms with Gasteiger partial charge in [-0.3, -0.25) is 10.7 Å². The Labute approximate surface area is 63.3 Å². The predicted molar refractivity (Wildman–Crippen MR) is 36.3 cm³/mol. The van der Waals surface area contributed by atoms with Crippen molar-refractivity contribution < 1.29 is 14.5 Å². The van der Waals surface area contributed by atoms with Crippen molar-refractivity contribution >= 4 is 12.2 Å². The van der Waals surface area contributed by atoms with Gasteiger partial charge in [0.2, 0.25) is 5.66 Å². The number of nitrogens with zero attached hydrogens (tertiary/aromatic N) is 1. The van der Waals surface area contributed by atoms with E-state index in [0.717, 1.165) is 6.21 Å². The first kappa shape index (κ1) is 7.96. The quantitative estimate of drug-likeness (QED) is 0.490. The van der Waals surface area contributed by atoms with E-state index >= 15 is 0 Å². The van der Waals surface area contributed by atoms with Crippen molar-refractivity contribution in [3.8, 4) is 0 Å². The van der Waals surface area contributed by atoms with Gasteiger partial charge in [0.25, 0.3) is 0 Å². The van der Waals surface area contributed by atoms with E-state index in [0.29, 0.717) is 0 Å². The maximum absolute atomic E-state index is 11.0. The maximum atomic E-state index is 11.0. The molecule has 0 saturated heterocycles. The van der Waals surface area contributed by atoms with Crippen LogP contribution in [0.3, 0.4) is 0 Å². The summed E-state index contributed by atoms with van der Waals surface area (Å²) >= 11 is 0. The smallest absolute Gasteiger partial charge is 0.350 e. The van der Waals surface area contributed by atoms with E-state index in [1.54, 1.807) is 6.92 Å². The summed E-state index contributed by atoms with van der Waals surface area (Å²) in [6.45, 7) is 1.96. The Balaban J connectivity index is 2.57. The molecule has 6 nitrogen and oxygen atoms in total. The zero-order valence-corrected chi connectivity index (χ0v) is 6.03. The van der Waals surface area contributed by atoms with Gasteiger partial charge in [-0.15, -0.1) is 0 Å². The fourth-order valence-electron chi connectivity index (χ4n) is 0.583. The van der Waals surface area contributed by atoms with Crippen LogP contribution in [0, 0.1) is 0 Å². The molecule has 0 aromatic rings. The molecular formula is C5H9N3O3. The number of ether oxygens (including phenoxy) is 1. The summed E-state index contributed by atoms with van der Waals surface area (Å²) in [5.74, 6) is -0.610. The number of oxime groups is 1. The van der Waals surface area contributed by atoms with Crippen LogP contribution < -0.4 is 11.2 Å². The second-order valence-electron chi connectivity index (χ2n) is 2.02. The lowest BCUT2D eigenvalue weighted by molar-refractivity contribution is -0.151. The van der Waals surface area contributed by atoms with Gasteiger partial charge in [0, 0.05) is 0 Å². The highest BCUT2D eigenvalue weighted by Crippen LogP contribution is 2.01. The van der Waals surface area contributed by atoms with Crippen LogP contribution in [0.5, 0.6) is 0 Å². The molecule has 0 saturated carbocycles. The molecule has 1 unspecified atom stereocenters. The van der Waals surface area contributed by atoms with Gasteiger partial charge in [0.05, 0.1) is 12.8 Å². The van der Waals surface area contributed by atoms with Gasteiger partial charge in [0.1, 0.15) is 0 Å². The molecule has 0 aromatic heterocycles. The number of carbonyl (C=O) groups excluding carboxylic acids is 1. The van der Waals surface area contributed by atoms with Crippen molar-refractivity contribution in [2.45, 2.75) is 12.6 Å². The highest BCUT2D eigenvalue weighted by atomic mass is 16.8. The Bertz CT molecular complexity index is 193. The van der Waals surface area contributed by atoms with E-state index in [2.05, 4.69) is 20.3 Å². The lowest BCUT2D eigenvalue weighted by atomic mass is 10.2. The normalized spacial score (nSPS) is 28.2.